The number of guanidine groups is 1. The maximum absolute atomic E-state index is 12.1. The molecule has 0 unspecified atom stereocenters. The number of halogens is 1. The Kier molecular flexibility index (Phi) is 9.20. The predicted octanol–water partition coefficient (Wildman–Crippen LogP) is 4.46. The molecule has 0 aliphatic heterocycles. The van der Waals surface area contributed by atoms with E-state index in [9.17, 15) is 4.79 Å². The second kappa shape index (κ2) is 11.6. The van der Waals surface area contributed by atoms with Crippen molar-refractivity contribution in [2.75, 3.05) is 26.0 Å². The molecule has 0 fully saturated rings. The van der Waals surface area contributed by atoms with Gasteiger partial charge in [0.05, 0.1) is 6.26 Å². The number of hydrogen-bond donors (Lipinski definition) is 2. The van der Waals surface area contributed by atoms with Crippen LogP contribution < -0.4 is 10.6 Å². The summed E-state index contributed by atoms with van der Waals surface area (Å²) in [7, 11) is 3.81. The number of carbonyl (C=O) groups is 1. The third-order valence-corrected chi connectivity index (χ3v) is 5.16. The molecule has 2 heterocycles. The van der Waals surface area contributed by atoms with Gasteiger partial charge in [0.2, 0.25) is 0 Å². The minimum atomic E-state index is -0.265. The number of hydrogen-bond acceptors (Lipinski definition) is 4. The van der Waals surface area contributed by atoms with E-state index >= 15 is 0 Å². The number of thiophene rings is 1. The SMILES string of the molecule is CN=C(NCc1cccc(NC(=O)c2ccco2)c1)N(C)CCc1cccs1.I. The molecule has 29 heavy (non-hydrogen) atoms. The summed E-state index contributed by atoms with van der Waals surface area (Å²) in [6, 6.07) is 15.3. The van der Waals surface area contributed by atoms with Crippen LogP contribution in [0.15, 0.2) is 69.6 Å². The lowest BCUT2D eigenvalue weighted by atomic mass is 10.2. The first-order valence-corrected chi connectivity index (χ1v) is 9.91. The van der Waals surface area contributed by atoms with E-state index in [-0.39, 0.29) is 35.6 Å². The van der Waals surface area contributed by atoms with Crippen molar-refractivity contribution in [1.82, 2.24) is 10.2 Å². The van der Waals surface area contributed by atoms with Crippen molar-refractivity contribution >= 4 is 52.9 Å². The van der Waals surface area contributed by atoms with Crippen LogP contribution in [0.5, 0.6) is 0 Å². The molecule has 0 radical (unpaired) electrons. The minimum Gasteiger partial charge on any atom is -0.459 e. The number of nitrogens with zero attached hydrogens (tertiary/aromatic N) is 2. The fourth-order valence-corrected chi connectivity index (χ4v) is 3.46. The summed E-state index contributed by atoms with van der Waals surface area (Å²) in [6.07, 6.45) is 2.47. The first-order chi connectivity index (χ1) is 13.7. The monoisotopic (exact) mass is 524 g/mol. The van der Waals surface area contributed by atoms with Gasteiger partial charge < -0.3 is 20.0 Å². The molecule has 0 atom stereocenters. The maximum Gasteiger partial charge on any atom is 0.291 e. The molecule has 2 N–H and O–H groups in total. The zero-order valence-corrected chi connectivity index (χ0v) is 19.6. The molecule has 0 saturated carbocycles. The second-order valence-electron chi connectivity index (χ2n) is 6.28. The van der Waals surface area contributed by atoms with Gasteiger partial charge in [-0.1, -0.05) is 18.2 Å². The molecule has 0 bridgehead atoms. The van der Waals surface area contributed by atoms with E-state index < -0.39 is 0 Å². The molecule has 3 aromatic rings. The summed E-state index contributed by atoms with van der Waals surface area (Å²) in [4.78, 5) is 19.9. The van der Waals surface area contributed by atoms with Gasteiger partial charge >= 0.3 is 0 Å². The molecule has 2 aromatic heterocycles. The first-order valence-electron chi connectivity index (χ1n) is 9.03. The summed E-state index contributed by atoms with van der Waals surface area (Å²) in [5, 5.41) is 8.31. The fourth-order valence-electron chi connectivity index (χ4n) is 2.76. The minimum absolute atomic E-state index is 0. The average molecular weight is 524 g/mol. The number of carbonyl (C=O) groups excluding carboxylic acids is 1. The Morgan fingerprint density at radius 1 is 1.21 bits per heavy atom. The van der Waals surface area contributed by atoms with E-state index in [4.69, 9.17) is 4.42 Å². The van der Waals surface area contributed by atoms with Gasteiger partial charge in [0.25, 0.3) is 5.91 Å². The van der Waals surface area contributed by atoms with Crippen molar-refractivity contribution in [2.24, 2.45) is 4.99 Å². The third kappa shape index (κ3) is 6.90. The van der Waals surface area contributed by atoms with Crippen LogP contribution in [0.2, 0.25) is 0 Å². The van der Waals surface area contributed by atoms with Crippen molar-refractivity contribution in [2.45, 2.75) is 13.0 Å². The Morgan fingerprint density at radius 3 is 2.76 bits per heavy atom. The third-order valence-electron chi connectivity index (χ3n) is 4.23. The number of aliphatic imine (C=N–C) groups is 1. The van der Waals surface area contributed by atoms with Crippen LogP contribution in [0.3, 0.4) is 0 Å². The zero-order valence-electron chi connectivity index (χ0n) is 16.4. The Bertz CT molecular complexity index is 911. The molecule has 154 valence electrons. The fraction of sp³-hybridized carbons (Fsp3) is 0.238. The predicted molar refractivity (Wildman–Crippen MR) is 129 cm³/mol. The van der Waals surface area contributed by atoms with Gasteiger partial charge in [-0.05, 0) is 47.7 Å². The summed E-state index contributed by atoms with van der Waals surface area (Å²) in [6.45, 7) is 1.50. The lowest BCUT2D eigenvalue weighted by Crippen LogP contribution is -2.39. The number of rotatable bonds is 7. The van der Waals surface area contributed by atoms with Gasteiger partial charge in [-0.25, -0.2) is 0 Å². The van der Waals surface area contributed by atoms with Crippen LogP contribution in [-0.2, 0) is 13.0 Å². The van der Waals surface area contributed by atoms with Crippen molar-refractivity contribution in [1.29, 1.82) is 0 Å². The Balaban J connectivity index is 0.00000300. The normalized spacial score (nSPS) is 10.9. The largest absolute Gasteiger partial charge is 0.459 e. The van der Waals surface area contributed by atoms with Crippen molar-refractivity contribution in [3.05, 3.63) is 76.4 Å². The molecule has 0 aliphatic carbocycles. The number of likely N-dealkylation sites (N-methyl/N-ethyl adjacent to an activating group) is 1. The topological polar surface area (TPSA) is 69.9 Å². The summed E-state index contributed by atoms with van der Waals surface area (Å²) in [5.41, 5.74) is 1.77. The lowest BCUT2D eigenvalue weighted by molar-refractivity contribution is 0.0996. The van der Waals surface area contributed by atoms with E-state index in [1.54, 1.807) is 30.5 Å². The highest BCUT2D eigenvalue weighted by Gasteiger charge is 2.10. The van der Waals surface area contributed by atoms with Crippen molar-refractivity contribution < 1.29 is 9.21 Å². The van der Waals surface area contributed by atoms with E-state index in [0.717, 1.165) is 30.2 Å². The highest BCUT2D eigenvalue weighted by molar-refractivity contribution is 14.0. The van der Waals surface area contributed by atoms with Gasteiger partial charge in [0.15, 0.2) is 11.7 Å². The quantitative estimate of drug-likeness (QED) is 0.272. The molecule has 1 aromatic carbocycles. The summed E-state index contributed by atoms with van der Waals surface area (Å²) < 4.78 is 5.12. The van der Waals surface area contributed by atoms with Gasteiger partial charge in [-0.3, -0.25) is 9.79 Å². The molecule has 0 spiro atoms. The van der Waals surface area contributed by atoms with Crippen LogP contribution in [0.25, 0.3) is 0 Å². The van der Waals surface area contributed by atoms with E-state index in [0.29, 0.717) is 6.54 Å². The highest BCUT2D eigenvalue weighted by Crippen LogP contribution is 2.13. The number of benzene rings is 1. The van der Waals surface area contributed by atoms with Gasteiger partial charge in [0.1, 0.15) is 0 Å². The maximum atomic E-state index is 12.1. The molecule has 1 amide bonds. The standard InChI is InChI=1S/C21H24N4O2S.HI/c1-22-21(25(2)11-10-18-8-5-13-28-18)23-15-16-6-3-7-17(14-16)24-20(26)19-9-4-12-27-19;/h3-9,12-14H,10-11,15H2,1-2H3,(H,22,23)(H,24,26);1H. The molecule has 3 rings (SSSR count). The Hall–Kier alpha value is -2.33. The smallest absolute Gasteiger partial charge is 0.291 e. The lowest BCUT2D eigenvalue weighted by Gasteiger charge is -2.22. The van der Waals surface area contributed by atoms with Crippen molar-refractivity contribution in [3.8, 4) is 0 Å². The highest BCUT2D eigenvalue weighted by atomic mass is 127. The molecule has 6 nitrogen and oxygen atoms in total. The van der Waals surface area contributed by atoms with Crippen LogP contribution in [-0.4, -0.2) is 37.4 Å². The number of amides is 1. The van der Waals surface area contributed by atoms with Crippen molar-refractivity contribution in [3.63, 3.8) is 0 Å². The molecule has 0 aliphatic rings. The van der Waals surface area contributed by atoms with E-state index in [1.807, 2.05) is 31.3 Å². The molecule has 8 heteroatoms. The van der Waals surface area contributed by atoms with Crippen LogP contribution in [0, 0.1) is 0 Å². The van der Waals surface area contributed by atoms with E-state index in [2.05, 4.69) is 38.0 Å². The van der Waals surface area contributed by atoms with E-state index in [1.165, 1.54) is 11.1 Å². The zero-order chi connectivity index (χ0) is 19.8. The summed E-state index contributed by atoms with van der Waals surface area (Å²) >= 11 is 1.77. The summed E-state index contributed by atoms with van der Waals surface area (Å²) in [5.74, 6) is 0.858. The van der Waals surface area contributed by atoms with Crippen LogP contribution in [0.4, 0.5) is 5.69 Å². The number of nitrogens with one attached hydrogen (secondary N) is 2. The Morgan fingerprint density at radius 2 is 2.07 bits per heavy atom. The van der Waals surface area contributed by atoms with Gasteiger partial charge in [0, 0.05) is 37.7 Å². The molecular formula is C21H25IN4O2S. The Labute approximate surface area is 192 Å². The number of furan rings is 1. The second-order valence-corrected chi connectivity index (χ2v) is 7.32. The van der Waals surface area contributed by atoms with Crippen LogP contribution >= 0.6 is 35.3 Å². The molecular weight excluding hydrogens is 499 g/mol. The first kappa shape index (κ1) is 23.0. The van der Waals surface area contributed by atoms with Crippen LogP contribution in [0.1, 0.15) is 21.0 Å². The average Bonchev–Trinajstić information content (AvgIpc) is 3.41. The van der Waals surface area contributed by atoms with Gasteiger partial charge in [-0.2, -0.15) is 0 Å². The van der Waals surface area contributed by atoms with Gasteiger partial charge in [-0.15, -0.1) is 35.3 Å². The number of anilines is 1. The molecule has 0 saturated heterocycles.